The Labute approximate surface area is 122 Å². The van der Waals surface area contributed by atoms with Crippen LogP contribution in [0.2, 0.25) is 5.02 Å². The quantitative estimate of drug-likeness (QED) is 0.909. The van der Waals surface area contributed by atoms with E-state index in [2.05, 4.69) is 4.98 Å². The Morgan fingerprint density at radius 3 is 2.80 bits per heavy atom. The molecule has 108 valence electrons. The highest BCUT2D eigenvalue weighted by Crippen LogP contribution is 2.31. The Morgan fingerprint density at radius 2 is 2.20 bits per heavy atom. The monoisotopic (exact) mass is 296 g/mol. The van der Waals surface area contributed by atoms with Crippen LogP contribution >= 0.6 is 11.6 Å². The molecule has 1 aliphatic heterocycles. The lowest BCUT2D eigenvalue weighted by Crippen LogP contribution is -2.48. The SMILES string of the molecule is Cc1cc(Cl)c(C(=O)N2CCCC(C)(C(=O)O)C2)cn1. The molecular formula is C14H17ClN2O3. The molecule has 1 atom stereocenters. The smallest absolute Gasteiger partial charge is 0.311 e. The molecule has 1 aliphatic rings. The number of aryl methyl sites for hydroxylation is 1. The van der Waals surface area contributed by atoms with Crippen LogP contribution in [-0.4, -0.2) is 40.0 Å². The van der Waals surface area contributed by atoms with Crippen molar-refractivity contribution in [1.82, 2.24) is 9.88 Å². The Hall–Kier alpha value is -1.62. The van der Waals surface area contributed by atoms with Crippen LogP contribution in [0.15, 0.2) is 12.3 Å². The van der Waals surface area contributed by atoms with Gasteiger partial charge in [-0.25, -0.2) is 0 Å². The number of carbonyl (C=O) groups is 2. The van der Waals surface area contributed by atoms with Crippen molar-refractivity contribution in [2.75, 3.05) is 13.1 Å². The largest absolute Gasteiger partial charge is 0.481 e. The van der Waals surface area contributed by atoms with Crippen molar-refractivity contribution >= 4 is 23.5 Å². The van der Waals surface area contributed by atoms with Crippen LogP contribution < -0.4 is 0 Å². The number of likely N-dealkylation sites (tertiary alicyclic amines) is 1. The van der Waals surface area contributed by atoms with E-state index < -0.39 is 11.4 Å². The Kier molecular flexibility index (Phi) is 3.99. The number of pyridine rings is 1. The van der Waals surface area contributed by atoms with Crippen LogP contribution in [0.25, 0.3) is 0 Å². The molecular weight excluding hydrogens is 280 g/mol. The molecule has 6 heteroatoms. The fraction of sp³-hybridized carbons (Fsp3) is 0.500. The molecule has 1 amide bonds. The van der Waals surface area contributed by atoms with Gasteiger partial charge in [0.25, 0.3) is 5.91 Å². The fourth-order valence-electron chi connectivity index (χ4n) is 2.44. The number of hydrogen-bond acceptors (Lipinski definition) is 3. The normalized spacial score (nSPS) is 22.6. The molecule has 2 rings (SSSR count). The van der Waals surface area contributed by atoms with E-state index in [0.717, 1.165) is 5.69 Å². The van der Waals surface area contributed by atoms with E-state index in [1.54, 1.807) is 24.8 Å². The molecule has 1 N–H and O–H groups in total. The maximum Gasteiger partial charge on any atom is 0.311 e. The van der Waals surface area contributed by atoms with Crippen molar-refractivity contribution in [2.45, 2.75) is 26.7 Å². The summed E-state index contributed by atoms with van der Waals surface area (Å²) in [6.07, 6.45) is 2.70. The van der Waals surface area contributed by atoms with Gasteiger partial charge >= 0.3 is 5.97 Å². The Morgan fingerprint density at radius 1 is 1.50 bits per heavy atom. The number of halogens is 1. The van der Waals surface area contributed by atoms with Crippen molar-refractivity contribution < 1.29 is 14.7 Å². The lowest BCUT2D eigenvalue weighted by atomic mass is 9.82. The van der Waals surface area contributed by atoms with Crippen LogP contribution in [0.4, 0.5) is 0 Å². The molecule has 1 aromatic rings. The summed E-state index contributed by atoms with van der Waals surface area (Å²) >= 11 is 6.07. The molecule has 5 nitrogen and oxygen atoms in total. The first-order valence-electron chi connectivity index (χ1n) is 6.48. The summed E-state index contributed by atoms with van der Waals surface area (Å²) in [7, 11) is 0. The van der Waals surface area contributed by atoms with E-state index in [1.165, 1.54) is 6.20 Å². The molecule has 1 unspecified atom stereocenters. The number of hydrogen-bond donors (Lipinski definition) is 1. The first-order chi connectivity index (χ1) is 9.33. The minimum absolute atomic E-state index is 0.200. The predicted molar refractivity (Wildman–Crippen MR) is 74.9 cm³/mol. The van der Waals surface area contributed by atoms with E-state index in [-0.39, 0.29) is 12.5 Å². The second-order valence-electron chi connectivity index (χ2n) is 5.50. The number of carbonyl (C=O) groups excluding carboxylic acids is 1. The van der Waals surface area contributed by atoms with E-state index in [9.17, 15) is 14.7 Å². The second-order valence-corrected chi connectivity index (χ2v) is 5.91. The van der Waals surface area contributed by atoms with Crippen molar-refractivity contribution in [2.24, 2.45) is 5.41 Å². The number of carboxylic acid groups (broad SMARTS) is 1. The van der Waals surface area contributed by atoms with E-state index in [4.69, 9.17) is 11.6 Å². The van der Waals surface area contributed by atoms with Gasteiger partial charge in [0.05, 0.1) is 16.0 Å². The number of rotatable bonds is 2. The highest BCUT2D eigenvalue weighted by Gasteiger charge is 2.39. The molecule has 0 saturated carbocycles. The number of piperidine rings is 1. The van der Waals surface area contributed by atoms with Crippen molar-refractivity contribution in [1.29, 1.82) is 0 Å². The molecule has 0 aromatic carbocycles. The minimum atomic E-state index is -0.890. The third-order valence-electron chi connectivity index (χ3n) is 3.72. The van der Waals surface area contributed by atoms with Crippen molar-refractivity contribution in [3.8, 4) is 0 Å². The standard InChI is InChI=1S/C14H17ClN2O3/c1-9-6-11(15)10(7-16-9)12(18)17-5-3-4-14(2,8-17)13(19)20/h6-7H,3-5,8H2,1-2H3,(H,19,20). The topological polar surface area (TPSA) is 70.5 Å². The summed E-state index contributed by atoms with van der Waals surface area (Å²) in [6, 6.07) is 1.63. The molecule has 20 heavy (non-hydrogen) atoms. The average molecular weight is 297 g/mol. The third kappa shape index (κ3) is 2.77. The summed E-state index contributed by atoms with van der Waals surface area (Å²) in [5.74, 6) is -1.13. The van der Waals surface area contributed by atoms with Crippen LogP contribution in [0.5, 0.6) is 0 Å². The van der Waals surface area contributed by atoms with E-state index >= 15 is 0 Å². The lowest BCUT2D eigenvalue weighted by Gasteiger charge is -2.37. The van der Waals surface area contributed by atoms with Gasteiger partial charge in [0, 0.05) is 25.0 Å². The molecule has 2 heterocycles. The molecule has 1 aromatic heterocycles. The fourth-order valence-corrected chi connectivity index (χ4v) is 2.73. The van der Waals surface area contributed by atoms with E-state index in [1.807, 2.05) is 0 Å². The lowest BCUT2D eigenvalue weighted by molar-refractivity contribution is -0.150. The molecule has 1 fully saturated rings. The van der Waals surface area contributed by atoms with Gasteiger partial charge in [-0.2, -0.15) is 0 Å². The maximum atomic E-state index is 12.5. The summed E-state index contributed by atoms with van der Waals surface area (Å²) in [6.45, 7) is 4.21. The first-order valence-corrected chi connectivity index (χ1v) is 6.86. The number of nitrogens with zero attached hydrogens (tertiary/aromatic N) is 2. The van der Waals surface area contributed by atoms with Gasteiger partial charge in [0.1, 0.15) is 0 Å². The van der Waals surface area contributed by atoms with Crippen LogP contribution in [0.1, 0.15) is 35.8 Å². The molecule has 0 aliphatic carbocycles. The van der Waals surface area contributed by atoms with Gasteiger partial charge in [-0.3, -0.25) is 14.6 Å². The second kappa shape index (κ2) is 5.40. The number of aliphatic carboxylic acids is 1. The zero-order chi connectivity index (χ0) is 14.9. The van der Waals surface area contributed by atoms with Gasteiger partial charge in [0.15, 0.2) is 0 Å². The van der Waals surface area contributed by atoms with E-state index in [0.29, 0.717) is 30.0 Å². The van der Waals surface area contributed by atoms with Crippen LogP contribution in [-0.2, 0) is 4.79 Å². The van der Waals surface area contributed by atoms with Gasteiger partial charge in [0.2, 0.25) is 0 Å². The van der Waals surface area contributed by atoms with Gasteiger partial charge in [-0.1, -0.05) is 11.6 Å². The average Bonchev–Trinajstić information content (AvgIpc) is 2.38. The Balaban J connectivity index is 2.23. The highest BCUT2D eigenvalue weighted by atomic mass is 35.5. The molecule has 0 spiro atoms. The van der Waals surface area contributed by atoms with Gasteiger partial charge < -0.3 is 10.0 Å². The number of aromatic nitrogens is 1. The summed E-state index contributed by atoms with van der Waals surface area (Å²) in [4.78, 5) is 29.4. The molecule has 0 bridgehead atoms. The van der Waals surface area contributed by atoms with Gasteiger partial charge in [-0.15, -0.1) is 0 Å². The number of carboxylic acids is 1. The summed E-state index contributed by atoms with van der Waals surface area (Å²) < 4.78 is 0. The molecule has 0 radical (unpaired) electrons. The summed E-state index contributed by atoms with van der Waals surface area (Å²) in [5.41, 5.74) is 0.172. The Bertz CT molecular complexity index is 561. The van der Waals surface area contributed by atoms with Gasteiger partial charge in [-0.05, 0) is 32.8 Å². The van der Waals surface area contributed by atoms with Crippen LogP contribution in [0.3, 0.4) is 0 Å². The first kappa shape index (κ1) is 14.8. The zero-order valence-electron chi connectivity index (χ0n) is 11.5. The molecule has 1 saturated heterocycles. The highest BCUT2D eigenvalue weighted by molar-refractivity contribution is 6.33. The maximum absolute atomic E-state index is 12.5. The van der Waals surface area contributed by atoms with Crippen molar-refractivity contribution in [3.05, 3.63) is 28.5 Å². The minimum Gasteiger partial charge on any atom is -0.481 e. The predicted octanol–water partition coefficient (Wildman–Crippen LogP) is 2.37. The number of amides is 1. The van der Waals surface area contributed by atoms with Crippen molar-refractivity contribution in [3.63, 3.8) is 0 Å². The zero-order valence-corrected chi connectivity index (χ0v) is 12.3. The van der Waals surface area contributed by atoms with Crippen LogP contribution in [0, 0.1) is 12.3 Å². The third-order valence-corrected chi connectivity index (χ3v) is 4.03. The summed E-state index contributed by atoms with van der Waals surface area (Å²) in [5, 5.41) is 9.63.